The Hall–Kier alpha value is -1.27. The quantitative estimate of drug-likeness (QED) is 0.738. The number of aromatic nitrogens is 4. The number of rotatable bonds is 7. The molecule has 0 saturated carbocycles. The molecule has 0 bridgehead atoms. The SMILES string of the molecule is c1cn(CCCCNCc2csnn2)cn1. The minimum atomic E-state index is 0.821. The highest BCUT2D eigenvalue weighted by Gasteiger charge is 1.95. The van der Waals surface area contributed by atoms with Crippen LogP contribution in [-0.4, -0.2) is 25.7 Å². The second-order valence-electron chi connectivity index (χ2n) is 3.58. The molecular formula is C10H15N5S. The lowest BCUT2D eigenvalue weighted by Crippen LogP contribution is -2.15. The van der Waals surface area contributed by atoms with Crippen molar-refractivity contribution in [1.82, 2.24) is 24.5 Å². The summed E-state index contributed by atoms with van der Waals surface area (Å²) in [5.41, 5.74) is 1.03. The maximum absolute atomic E-state index is 4.00. The molecule has 2 heterocycles. The van der Waals surface area contributed by atoms with Crippen LogP contribution in [0.1, 0.15) is 18.5 Å². The van der Waals surface area contributed by atoms with Gasteiger partial charge in [0.15, 0.2) is 0 Å². The Morgan fingerprint density at radius 1 is 1.38 bits per heavy atom. The summed E-state index contributed by atoms with van der Waals surface area (Å²) in [5, 5.41) is 9.29. The van der Waals surface area contributed by atoms with Gasteiger partial charge in [0.1, 0.15) is 0 Å². The standard InChI is InChI=1S/C10H15N5S/c1(2-5-15-6-4-12-9-15)3-11-7-10-8-16-14-13-10/h4,6,8-9,11H,1-3,5,7H2. The molecule has 0 aromatic carbocycles. The van der Waals surface area contributed by atoms with E-state index in [-0.39, 0.29) is 0 Å². The molecule has 0 unspecified atom stereocenters. The Bertz CT molecular complexity index is 332. The number of hydrogen-bond donors (Lipinski definition) is 1. The van der Waals surface area contributed by atoms with Crippen LogP contribution in [0, 0.1) is 0 Å². The third-order valence-electron chi connectivity index (χ3n) is 2.29. The van der Waals surface area contributed by atoms with Crippen molar-refractivity contribution >= 4 is 11.5 Å². The van der Waals surface area contributed by atoms with E-state index < -0.39 is 0 Å². The first kappa shape index (κ1) is 11.2. The van der Waals surface area contributed by atoms with Gasteiger partial charge in [-0.2, -0.15) is 0 Å². The molecule has 2 rings (SSSR count). The van der Waals surface area contributed by atoms with Crippen molar-refractivity contribution in [1.29, 1.82) is 0 Å². The Balaban J connectivity index is 1.49. The molecule has 0 aliphatic rings. The van der Waals surface area contributed by atoms with Crippen LogP contribution in [0.5, 0.6) is 0 Å². The van der Waals surface area contributed by atoms with Crippen LogP contribution in [-0.2, 0) is 13.1 Å². The molecule has 86 valence electrons. The summed E-state index contributed by atoms with van der Waals surface area (Å²) in [5.74, 6) is 0. The number of nitrogens with zero attached hydrogens (tertiary/aromatic N) is 4. The van der Waals surface area contributed by atoms with Gasteiger partial charge in [-0.3, -0.25) is 0 Å². The van der Waals surface area contributed by atoms with Crippen LogP contribution >= 0.6 is 11.5 Å². The van der Waals surface area contributed by atoms with Gasteiger partial charge >= 0.3 is 0 Å². The Morgan fingerprint density at radius 3 is 3.12 bits per heavy atom. The maximum atomic E-state index is 4.00. The third kappa shape index (κ3) is 3.71. The number of unbranched alkanes of at least 4 members (excludes halogenated alkanes) is 1. The van der Waals surface area contributed by atoms with Crippen molar-refractivity contribution in [2.75, 3.05) is 6.54 Å². The predicted octanol–water partition coefficient (Wildman–Crippen LogP) is 1.30. The summed E-state index contributed by atoms with van der Waals surface area (Å²) in [6, 6.07) is 0. The van der Waals surface area contributed by atoms with Crippen LogP contribution in [0.25, 0.3) is 0 Å². The fraction of sp³-hybridized carbons (Fsp3) is 0.500. The lowest BCUT2D eigenvalue weighted by Gasteiger charge is -2.03. The van der Waals surface area contributed by atoms with E-state index in [2.05, 4.69) is 24.5 Å². The summed E-state index contributed by atoms with van der Waals surface area (Å²) in [6.07, 6.45) is 7.99. The molecule has 0 spiro atoms. The summed E-state index contributed by atoms with van der Waals surface area (Å²) < 4.78 is 5.91. The second kappa shape index (κ2) is 6.34. The van der Waals surface area contributed by atoms with Gasteiger partial charge in [-0.05, 0) is 30.9 Å². The van der Waals surface area contributed by atoms with Gasteiger partial charge < -0.3 is 9.88 Å². The number of nitrogens with one attached hydrogen (secondary N) is 1. The molecule has 0 aliphatic heterocycles. The maximum Gasteiger partial charge on any atom is 0.0945 e. The topological polar surface area (TPSA) is 55.6 Å². The monoisotopic (exact) mass is 237 g/mol. The van der Waals surface area contributed by atoms with Crippen molar-refractivity contribution in [3.63, 3.8) is 0 Å². The van der Waals surface area contributed by atoms with Gasteiger partial charge in [-0.15, -0.1) is 5.10 Å². The van der Waals surface area contributed by atoms with Gasteiger partial charge in [0.05, 0.1) is 12.0 Å². The smallest absolute Gasteiger partial charge is 0.0945 e. The van der Waals surface area contributed by atoms with Crippen LogP contribution < -0.4 is 5.32 Å². The fourth-order valence-electron chi connectivity index (χ4n) is 1.44. The Kier molecular flexibility index (Phi) is 4.45. The van der Waals surface area contributed by atoms with Gasteiger partial charge in [0.25, 0.3) is 0 Å². The number of imidazole rings is 1. The second-order valence-corrected chi connectivity index (χ2v) is 4.19. The normalized spacial score (nSPS) is 10.8. The van der Waals surface area contributed by atoms with Crippen molar-refractivity contribution in [3.05, 3.63) is 29.8 Å². The zero-order valence-corrected chi connectivity index (χ0v) is 9.86. The summed E-state index contributed by atoms with van der Waals surface area (Å²) in [7, 11) is 0. The first-order chi connectivity index (χ1) is 7.95. The highest BCUT2D eigenvalue weighted by molar-refractivity contribution is 7.03. The van der Waals surface area contributed by atoms with Crippen molar-refractivity contribution in [2.45, 2.75) is 25.9 Å². The number of aryl methyl sites for hydroxylation is 1. The average Bonchev–Trinajstić information content (AvgIpc) is 2.96. The molecule has 6 heteroatoms. The van der Waals surface area contributed by atoms with Crippen LogP contribution in [0.15, 0.2) is 24.1 Å². The van der Waals surface area contributed by atoms with Gasteiger partial charge in [0, 0.05) is 30.9 Å². The fourth-order valence-corrected chi connectivity index (χ4v) is 1.89. The lowest BCUT2D eigenvalue weighted by molar-refractivity contribution is 0.565. The molecule has 0 aliphatic carbocycles. The van der Waals surface area contributed by atoms with Crippen molar-refractivity contribution in [2.24, 2.45) is 0 Å². The summed E-state index contributed by atoms with van der Waals surface area (Å²) >= 11 is 1.39. The molecule has 2 aromatic heterocycles. The van der Waals surface area contributed by atoms with E-state index in [4.69, 9.17) is 0 Å². The molecule has 1 N–H and O–H groups in total. The largest absolute Gasteiger partial charge is 0.337 e. The highest BCUT2D eigenvalue weighted by atomic mass is 32.1. The first-order valence-electron chi connectivity index (χ1n) is 5.37. The van der Waals surface area contributed by atoms with E-state index in [0.717, 1.165) is 31.7 Å². The van der Waals surface area contributed by atoms with Gasteiger partial charge in [0.2, 0.25) is 0 Å². The first-order valence-corrected chi connectivity index (χ1v) is 6.21. The molecule has 2 aromatic rings. The van der Waals surface area contributed by atoms with E-state index >= 15 is 0 Å². The Morgan fingerprint density at radius 2 is 2.38 bits per heavy atom. The lowest BCUT2D eigenvalue weighted by atomic mass is 10.3. The molecule has 16 heavy (non-hydrogen) atoms. The molecule has 0 saturated heterocycles. The van der Waals surface area contributed by atoms with Crippen molar-refractivity contribution < 1.29 is 0 Å². The van der Waals surface area contributed by atoms with E-state index in [1.807, 2.05) is 24.1 Å². The molecule has 0 amide bonds. The van der Waals surface area contributed by atoms with E-state index in [1.165, 1.54) is 18.0 Å². The van der Waals surface area contributed by atoms with Crippen LogP contribution in [0.2, 0.25) is 0 Å². The molecule has 5 nitrogen and oxygen atoms in total. The van der Waals surface area contributed by atoms with E-state index in [9.17, 15) is 0 Å². The zero-order chi connectivity index (χ0) is 11.1. The van der Waals surface area contributed by atoms with Crippen LogP contribution in [0.4, 0.5) is 0 Å². The van der Waals surface area contributed by atoms with E-state index in [1.54, 1.807) is 0 Å². The molecule has 0 atom stereocenters. The highest BCUT2D eigenvalue weighted by Crippen LogP contribution is 1.97. The third-order valence-corrected chi connectivity index (χ3v) is 2.84. The minimum Gasteiger partial charge on any atom is -0.337 e. The van der Waals surface area contributed by atoms with Gasteiger partial charge in [-0.25, -0.2) is 4.98 Å². The molecular weight excluding hydrogens is 222 g/mol. The van der Waals surface area contributed by atoms with Gasteiger partial charge in [-0.1, -0.05) is 4.49 Å². The predicted molar refractivity (Wildman–Crippen MR) is 63.1 cm³/mol. The summed E-state index contributed by atoms with van der Waals surface area (Å²) in [4.78, 5) is 4.00. The average molecular weight is 237 g/mol. The van der Waals surface area contributed by atoms with E-state index in [0.29, 0.717) is 0 Å². The molecule has 0 fully saturated rings. The van der Waals surface area contributed by atoms with Crippen molar-refractivity contribution in [3.8, 4) is 0 Å². The molecule has 0 radical (unpaired) electrons. The van der Waals surface area contributed by atoms with Crippen LogP contribution in [0.3, 0.4) is 0 Å². The summed E-state index contributed by atoms with van der Waals surface area (Å²) in [6.45, 7) is 2.88. The number of hydrogen-bond acceptors (Lipinski definition) is 5. The minimum absolute atomic E-state index is 0.821. The Labute approximate surface area is 98.7 Å². The zero-order valence-electron chi connectivity index (χ0n) is 9.04.